The zero-order valence-electron chi connectivity index (χ0n) is 15.6. The average molecular weight is 372 g/mol. The Balaban J connectivity index is 2.60. The predicted molar refractivity (Wildman–Crippen MR) is 99.9 cm³/mol. The molecule has 0 aliphatic rings. The lowest BCUT2D eigenvalue weighted by Crippen LogP contribution is -2.44. The molecule has 0 fully saturated rings. The van der Waals surface area contributed by atoms with E-state index in [1.165, 1.54) is 0 Å². The largest absolute Gasteiger partial charge is 0.497 e. The first-order valence-electron chi connectivity index (χ1n) is 7.99. The highest BCUT2D eigenvalue weighted by molar-refractivity contribution is 7.83. The number of rotatable bonds is 7. The highest BCUT2D eigenvalue weighted by Crippen LogP contribution is 2.37. The van der Waals surface area contributed by atoms with Crippen LogP contribution in [0.15, 0.2) is 29.2 Å². The van der Waals surface area contributed by atoms with Crippen molar-refractivity contribution in [2.45, 2.75) is 63.2 Å². The second-order valence-corrected chi connectivity index (χ2v) is 13.3. The number of benzene rings is 1. The van der Waals surface area contributed by atoms with Crippen LogP contribution >= 0.6 is 0 Å². The molecule has 0 aromatic heterocycles. The van der Waals surface area contributed by atoms with Crippen molar-refractivity contribution in [2.75, 3.05) is 7.11 Å². The van der Waals surface area contributed by atoms with Crippen molar-refractivity contribution in [2.24, 2.45) is 0 Å². The van der Waals surface area contributed by atoms with Gasteiger partial charge in [0.2, 0.25) is 5.91 Å². The smallest absolute Gasteiger partial charge is 0.234 e. The summed E-state index contributed by atoms with van der Waals surface area (Å²) in [6.07, 6.45) is -0.0319. The van der Waals surface area contributed by atoms with Crippen LogP contribution in [0.1, 0.15) is 34.1 Å². The van der Waals surface area contributed by atoms with E-state index in [4.69, 9.17) is 9.16 Å². The number of hydrogen-bond acceptors (Lipinski definition) is 4. The van der Waals surface area contributed by atoms with Crippen LogP contribution in [-0.2, 0) is 20.2 Å². The summed E-state index contributed by atoms with van der Waals surface area (Å²) in [5, 5.41) is 0.0845. The van der Waals surface area contributed by atoms with Crippen LogP contribution in [0, 0.1) is 0 Å². The number of amides is 1. The number of ether oxygens (including phenoxy) is 1. The quantitative estimate of drug-likeness (QED) is 0.743. The van der Waals surface area contributed by atoms with Gasteiger partial charge in [-0.15, -0.1) is 0 Å². The molecule has 0 heterocycles. The Morgan fingerprint density at radius 1 is 1.33 bits per heavy atom. The molecule has 0 aliphatic carbocycles. The number of carbonyl (C=O) groups is 1. The summed E-state index contributed by atoms with van der Waals surface area (Å²) in [4.78, 5) is 12.6. The van der Waals surface area contributed by atoms with Crippen molar-refractivity contribution in [1.29, 1.82) is 0 Å². The minimum Gasteiger partial charge on any atom is -0.497 e. The Morgan fingerprint density at radius 2 is 1.96 bits per heavy atom. The number of nitrogens with one attached hydrogen (secondary N) is 1. The summed E-state index contributed by atoms with van der Waals surface area (Å²) < 4.78 is 26.0. The average Bonchev–Trinajstić information content (AvgIpc) is 2.45. The molecule has 0 spiro atoms. The van der Waals surface area contributed by atoms with Gasteiger partial charge in [-0.2, -0.15) is 0 Å². The maximum absolute atomic E-state index is 12.2. The van der Waals surface area contributed by atoms with Gasteiger partial charge < -0.3 is 9.16 Å². The second kappa shape index (κ2) is 8.27. The van der Waals surface area contributed by atoms with Crippen LogP contribution in [-0.4, -0.2) is 31.6 Å². The van der Waals surface area contributed by atoms with Gasteiger partial charge in [0.15, 0.2) is 19.3 Å². The summed E-state index contributed by atoms with van der Waals surface area (Å²) in [5.41, 5.74) is 0. The maximum Gasteiger partial charge on any atom is 0.234 e. The molecule has 5 nitrogen and oxygen atoms in total. The molecular formula is C17H29NO4SSi. The fraction of sp³-hybridized carbons (Fsp3) is 0.588. The molecule has 1 aromatic carbocycles. The van der Waals surface area contributed by atoms with Crippen molar-refractivity contribution < 1.29 is 18.2 Å². The molecule has 2 atom stereocenters. The van der Waals surface area contributed by atoms with Gasteiger partial charge >= 0.3 is 0 Å². The molecule has 7 heteroatoms. The third-order valence-electron chi connectivity index (χ3n) is 4.24. The molecule has 1 rings (SSSR count). The molecule has 0 aliphatic heterocycles. The summed E-state index contributed by atoms with van der Waals surface area (Å²) in [7, 11) is -1.99. The molecule has 0 unspecified atom stereocenters. The van der Waals surface area contributed by atoms with Crippen LogP contribution in [0.5, 0.6) is 5.75 Å². The van der Waals surface area contributed by atoms with E-state index in [2.05, 4.69) is 38.6 Å². The van der Waals surface area contributed by atoms with Gasteiger partial charge in [0.05, 0.1) is 24.5 Å². The molecule has 0 bridgehead atoms. The van der Waals surface area contributed by atoms with E-state index in [1.54, 1.807) is 31.4 Å². The Morgan fingerprint density at radius 3 is 2.50 bits per heavy atom. The van der Waals surface area contributed by atoms with Crippen LogP contribution in [0.25, 0.3) is 0 Å². The van der Waals surface area contributed by atoms with E-state index in [1.807, 2.05) is 6.92 Å². The first kappa shape index (κ1) is 20.9. The van der Waals surface area contributed by atoms with Gasteiger partial charge in [-0.25, -0.2) is 4.21 Å². The maximum atomic E-state index is 12.2. The van der Waals surface area contributed by atoms with Gasteiger partial charge in [0.1, 0.15) is 5.75 Å². The van der Waals surface area contributed by atoms with Gasteiger partial charge in [0.25, 0.3) is 0 Å². The van der Waals surface area contributed by atoms with Crippen LogP contribution in [0.2, 0.25) is 18.1 Å². The molecule has 136 valence electrons. The highest BCUT2D eigenvalue weighted by atomic mass is 32.2. The van der Waals surface area contributed by atoms with E-state index < -0.39 is 19.3 Å². The van der Waals surface area contributed by atoms with E-state index in [9.17, 15) is 9.00 Å². The van der Waals surface area contributed by atoms with Crippen molar-refractivity contribution in [3.8, 4) is 5.75 Å². The Kier molecular flexibility index (Phi) is 7.19. The first-order valence-corrected chi connectivity index (χ1v) is 12.0. The lowest BCUT2D eigenvalue weighted by molar-refractivity contribution is -0.120. The summed E-state index contributed by atoms with van der Waals surface area (Å²) in [5.74, 6) is 0.312. The topological polar surface area (TPSA) is 64.6 Å². The summed E-state index contributed by atoms with van der Waals surface area (Å²) in [6, 6.07) is 6.83. The monoisotopic (exact) mass is 371 g/mol. The number of hydrogen-bond donors (Lipinski definition) is 1. The highest BCUT2D eigenvalue weighted by Gasteiger charge is 2.38. The second-order valence-electron chi connectivity index (χ2n) is 7.37. The molecule has 1 amide bonds. The van der Waals surface area contributed by atoms with E-state index in [0.29, 0.717) is 10.6 Å². The van der Waals surface area contributed by atoms with Gasteiger partial charge in [0, 0.05) is 0 Å². The third kappa shape index (κ3) is 6.03. The minimum absolute atomic E-state index is 0.0845. The summed E-state index contributed by atoms with van der Waals surface area (Å²) >= 11 is 0. The van der Waals surface area contributed by atoms with Crippen molar-refractivity contribution in [3.05, 3.63) is 24.3 Å². The Bertz CT molecular complexity index is 598. The van der Waals surface area contributed by atoms with Gasteiger partial charge in [-0.05, 0) is 43.3 Å². The standard InChI is InChI=1S/C17H29NO4SSi/c1-13(22-24(6,7)17(2,3)4)11-16(19)18-23(20)15-10-8-9-14(12-15)21-5/h8-10,12-13H,11H2,1-7H3,(H,18,19)/t13-,23-/m0/s1. The SMILES string of the molecule is COc1cccc([S@](=O)NC(=O)C[C@H](C)O[Si](C)(C)C(C)(C)C)c1. The van der Waals surface area contributed by atoms with Crippen LogP contribution < -0.4 is 9.46 Å². The fourth-order valence-corrected chi connectivity index (χ4v) is 4.18. The molecule has 0 radical (unpaired) electrons. The number of carbonyl (C=O) groups excluding carboxylic acids is 1. The zero-order valence-corrected chi connectivity index (χ0v) is 17.5. The molecule has 0 saturated heterocycles. The molecule has 1 N–H and O–H groups in total. The molecule has 24 heavy (non-hydrogen) atoms. The number of methoxy groups -OCH3 is 1. The van der Waals surface area contributed by atoms with Crippen LogP contribution in [0.3, 0.4) is 0 Å². The minimum atomic E-state index is -1.92. The van der Waals surface area contributed by atoms with Crippen molar-refractivity contribution in [3.63, 3.8) is 0 Å². The van der Waals surface area contributed by atoms with Crippen molar-refractivity contribution >= 4 is 25.2 Å². The van der Waals surface area contributed by atoms with E-state index in [0.717, 1.165) is 0 Å². The van der Waals surface area contributed by atoms with Gasteiger partial charge in [-0.1, -0.05) is 26.8 Å². The van der Waals surface area contributed by atoms with Crippen LogP contribution in [0.4, 0.5) is 0 Å². The van der Waals surface area contributed by atoms with E-state index in [-0.39, 0.29) is 23.5 Å². The van der Waals surface area contributed by atoms with E-state index >= 15 is 0 Å². The first-order chi connectivity index (χ1) is 11.0. The lowest BCUT2D eigenvalue weighted by atomic mass is 10.2. The zero-order chi connectivity index (χ0) is 18.5. The summed E-state index contributed by atoms with van der Waals surface area (Å²) in [6.45, 7) is 12.7. The van der Waals surface area contributed by atoms with Crippen molar-refractivity contribution in [1.82, 2.24) is 4.72 Å². The van der Waals surface area contributed by atoms with Gasteiger partial charge in [-0.3, -0.25) is 9.52 Å². The third-order valence-corrected chi connectivity index (χ3v) is 9.94. The molecule has 0 saturated carbocycles. The molecule has 1 aromatic rings. The molecular weight excluding hydrogens is 342 g/mol. The normalized spacial score (nSPS) is 14.8. The predicted octanol–water partition coefficient (Wildman–Crippen LogP) is 3.63. The fourth-order valence-electron chi connectivity index (χ4n) is 1.90. The Hall–Kier alpha value is -1.18. The Labute approximate surface area is 148 Å². The lowest BCUT2D eigenvalue weighted by Gasteiger charge is -2.38.